The van der Waals surface area contributed by atoms with Gasteiger partial charge in [-0.1, -0.05) is 24.3 Å². The van der Waals surface area contributed by atoms with Crippen LogP contribution in [0.3, 0.4) is 0 Å². The minimum atomic E-state index is -0.783. The predicted octanol–water partition coefficient (Wildman–Crippen LogP) is 3.25. The zero-order chi connectivity index (χ0) is 24.5. The fourth-order valence-electron chi connectivity index (χ4n) is 4.67. The van der Waals surface area contributed by atoms with Crippen LogP contribution in [0.1, 0.15) is 28.8 Å². The minimum absolute atomic E-state index is 0.129. The Balaban J connectivity index is 1.28. The third-order valence-electron chi connectivity index (χ3n) is 6.60. The largest absolute Gasteiger partial charge is 0.420 e. The highest BCUT2D eigenvalue weighted by Crippen LogP contribution is 2.30. The lowest BCUT2D eigenvalue weighted by Gasteiger charge is -2.40. The van der Waals surface area contributed by atoms with E-state index in [4.69, 9.17) is 4.42 Å². The number of oxazole rings is 1. The molecule has 2 aromatic heterocycles. The monoisotopic (exact) mass is 480 g/mol. The lowest BCUT2D eigenvalue weighted by Crippen LogP contribution is -2.48. The summed E-state index contributed by atoms with van der Waals surface area (Å²) in [4.78, 5) is 20.4. The first-order valence-electron chi connectivity index (χ1n) is 11.5. The van der Waals surface area contributed by atoms with Gasteiger partial charge in [-0.2, -0.15) is 0 Å². The van der Waals surface area contributed by atoms with Gasteiger partial charge < -0.3 is 9.52 Å². The Hall–Kier alpha value is -3.40. The molecule has 0 radical (unpaired) electrons. The van der Waals surface area contributed by atoms with Gasteiger partial charge in [0, 0.05) is 51.5 Å². The summed E-state index contributed by atoms with van der Waals surface area (Å²) in [5.74, 6) is -1.09. The number of aliphatic hydroxyl groups excluding tert-OH is 1. The zero-order valence-corrected chi connectivity index (χ0v) is 19.3. The molecule has 182 valence electrons. The van der Waals surface area contributed by atoms with Gasteiger partial charge in [0.25, 0.3) is 0 Å². The number of β-amino-alcohol motifs (C(OH)–C–C–N with tert-alkyl or cyclic N) is 1. The summed E-state index contributed by atoms with van der Waals surface area (Å²) in [6.45, 7) is 3.28. The van der Waals surface area contributed by atoms with Crippen molar-refractivity contribution in [1.82, 2.24) is 19.4 Å². The number of fused-ring (bicyclic) bond motifs is 1. The maximum absolute atomic E-state index is 13.5. The van der Waals surface area contributed by atoms with Crippen molar-refractivity contribution in [3.05, 3.63) is 99.7 Å². The third-order valence-corrected chi connectivity index (χ3v) is 6.60. The standard InChI is InChI=1S/C26H26F2N4O3/c1-30-25-23(35-26(30)34)14-19(15-29-25)22(33)16-31-10-12-32(13-11-31)24(17-2-6-20(27)7-3-17)18-4-8-21(28)9-5-18/h2-9,14-15,22,24,33H,10-13,16H2,1H3. The highest BCUT2D eigenvalue weighted by Gasteiger charge is 2.28. The first kappa shape index (κ1) is 23.3. The van der Waals surface area contributed by atoms with Crippen molar-refractivity contribution < 1.29 is 18.3 Å². The van der Waals surface area contributed by atoms with Crippen LogP contribution in [0.5, 0.6) is 0 Å². The fraction of sp³-hybridized carbons (Fsp3) is 0.308. The Bertz CT molecular complexity index is 1310. The molecular formula is C26H26F2N4O3. The Morgan fingerprint density at radius 3 is 2.09 bits per heavy atom. The molecule has 0 bridgehead atoms. The molecule has 1 fully saturated rings. The highest BCUT2D eigenvalue weighted by molar-refractivity contribution is 5.68. The quantitative estimate of drug-likeness (QED) is 0.457. The summed E-state index contributed by atoms with van der Waals surface area (Å²) in [7, 11) is 1.59. The van der Waals surface area contributed by atoms with E-state index >= 15 is 0 Å². The van der Waals surface area contributed by atoms with E-state index in [1.807, 2.05) is 0 Å². The first-order valence-corrected chi connectivity index (χ1v) is 11.5. The molecule has 1 N–H and O–H groups in total. The molecule has 35 heavy (non-hydrogen) atoms. The van der Waals surface area contributed by atoms with Crippen LogP contribution in [-0.4, -0.2) is 57.2 Å². The Morgan fingerprint density at radius 2 is 1.51 bits per heavy atom. The van der Waals surface area contributed by atoms with Gasteiger partial charge in [0.1, 0.15) is 11.6 Å². The van der Waals surface area contributed by atoms with E-state index in [0.29, 0.717) is 36.4 Å². The van der Waals surface area contributed by atoms with Gasteiger partial charge in [-0.15, -0.1) is 0 Å². The lowest BCUT2D eigenvalue weighted by atomic mass is 9.96. The van der Waals surface area contributed by atoms with Crippen molar-refractivity contribution in [2.75, 3.05) is 32.7 Å². The van der Waals surface area contributed by atoms with Crippen molar-refractivity contribution in [3.8, 4) is 0 Å². The molecule has 1 aliphatic heterocycles. The van der Waals surface area contributed by atoms with E-state index < -0.39 is 11.9 Å². The van der Waals surface area contributed by atoms with E-state index in [1.54, 1.807) is 43.6 Å². The topological polar surface area (TPSA) is 74.7 Å². The number of aryl methyl sites for hydroxylation is 1. The number of pyridine rings is 1. The second kappa shape index (κ2) is 9.69. The van der Waals surface area contributed by atoms with Crippen molar-refractivity contribution in [1.29, 1.82) is 0 Å². The molecule has 1 atom stereocenters. The summed E-state index contributed by atoms with van der Waals surface area (Å²) < 4.78 is 33.6. The van der Waals surface area contributed by atoms with Crippen LogP contribution in [0.2, 0.25) is 0 Å². The van der Waals surface area contributed by atoms with E-state index in [9.17, 15) is 18.7 Å². The van der Waals surface area contributed by atoms with E-state index in [1.165, 1.54) is 28.8 Å². The molecule has 0 spiro atoms. The van der Waals surface area contributed by atoms with Crippen molar-refractivity contribution in [2.45, 2.75) is 12.1 Å². The van der Waals surface area contributed by atoms with Crippen LogP contribution in [0.4, 0.5) is 8.78 Å². The number of halogens is 2. The molecule has 4 aromatic rings. The summed E-state index contributed by atoms with van der Waals surface area (Å²) in [5.41, 5.74) is 3.25. The van der Waals surface area contributed by atoms with Gasteiger partial charge in [-0.25, -0.2) is 18.6 Å². The molecule has 0 aliphatic carbocycles. The molecule has 0 amide bonds. The average Bonchev–Trinajstić information content (AvgIpc) is 3.15. The highest BCUT2D eigenvalue weighted by atomic mass is 19.1. The number of rotatable bonds is 6. The zero-order valence-electron chi connectivity index (χ0n) is 19.3. The number of hydrogen-bond donors (Lipinski definition) is 1. The predicted molar refractivity (Wildman–Crippen MR) is 127 cm³/mol. The van der Waals surface area contributed by atoms with Crippen LogP contribution in [0, 0.1) is 11.6 Å². The lowest BCUT2D eigenvalue weighted by molar-refractivity contribution is 0.0622. The Labute approximate surface area is 200 Å². The van der Waals surface area contributed by atoms with E-state index in [0.717, 1.165) is 24.2 Å². The van der Waals surface area contributed by atoms with E-state index in [2.05, 4.69) is 14.8 Å². The summed E-state index contributed by atoms with van der Waals surface area (Å²) in [5, 5.41) is 10.8. The normalized spacial score (nSPS) is 16.3. The van der Waals surface area contributed by atoms with Gasteiger partial charge in [0.05, 0.1) is 12.1 Å². The molecule has 2 aromatic carbocycles. The number of piperazine rings is 1. The summed E-state index contributed by atoms with van der Waals surface area (Å²) in [6, 6.07) is 14.4. The van der Waals surface area contributed by atoms with Crippen LogP contribution in [0.25, 0.3) is 11.2 Å². The molecule has 7 nitrogen and oxygen atoms in total. The van der Waals surface area contributed by atoms with Gasteiger partial charge in [-0.05, 0) is 41.5 Å². The van der Waals surface area contributed by atoms with Crippen molar-refractivity contribution >= 4 is 11.2 Å². The number of aliphatic hydroxyl groups is 1. The van der Waals surface area contributed by atoms with E-state index in [-0.39, 0.29) is 17.7 Å². The SMILES string of the molecule is Cn1c(=O)oc2cc(C(O)CN3CCN(C(c4ccc(F)cc4)c4ccc(F)cc4)CC3)cnc21. The van der Waals surface area contributed by atoms with Crippen LogP contribution in [0.15, 0.2) is 70.0 Å². The molecule has 5 rings (SSSR count). The fourth-order valence-corrected chi connectivity index (χ4v) is 4.67. The van der Waals surface area contributed by atoms with Crippen LogP contribution in [-0.2, 0) is 7.05 Å². The molecule has 0 saturated carbocycles. The molecule has 1 saturated heterocycles. The first-order chi connectivity index (χ1) is 16.9. The summed E-state index contributed by atoms with van der Waals surface area (Å²) in [6.07, 6.45) is 0.783. The number of benzene rings is 2. The second-order valence-electron chi connectivity index (χ2n) is 8.88. The van der Waals surface area contributed by atoms with Gasteiger partial charge in [-0.3, -0.25) is 14.4 Å². The van der Waals surface area contributed by atoms with Crippen molar-refractivity contribution in [2.24, 2.45) is 7.05 Å². The maximum atomic E-state index is 13.5. The number of aromatic nitrogens is 2. The molecular weight excluding hydrogens is 454 g/mol. The minimum Gasteiger partial charge on any atom is -0.406 e. The summed E-state index contributed by atoms with van der Waals surface area (Å²) >= 11 is 0. The van der Waals surface area contributed by atoms with Gasteiger partial charge in [0.2, 0.25) is 0 Å². The average molecular weight is 481 g/mol. The molecule has 1 unspecified atom stereocenters. The Morgan fingerprint density at radius 1 is 0.943 bits per heavy atom. The van der Waals surface area contributed by atoms with Crippen LogP contribution >= 0.6 is 0 Å². The molecule has 3 heterocycles. The molecule has 9 heteroatoms. The van der Waals surface area contributed by atoms with Gasteiger partial charge in [0.15, 0.2) is 11.2 Å². The van der Waals surface area contributed by atoms with Crippen LogP contribution < -0.4 is 5.76 Å². The number of nitrogens with zero attached hydrogens (tertiary/aromatic N) is 4. The van der Waals surface area contributed by atoms with Gasteiger partial charge >= 0.3 is 5.76 Å². The smallest absolute Gasteiger partial charge is 0.406 e. The van der Waals surface area contributed by atoms with Crippen molar-refractivity contribution in [3.63, 3.8) is 0 Å². The maximum Gasteiger partial charge on any atom is 0.420 e. The third kappa shape index (κ3) is 4.88. The molecule has 1 aliphatic rings. The second-order valence-corrected chi connectivity index (χ2v) is 8.88. The Kier molecular flexibility index (Phi) is 6.46. The number of hydrogen-bond acceptors (Lipinski definition) is 6.